The largest absolute Gasteiger partial charge is 0.444 e. The van der Waals surface area contributed by atoms with Crippen molar-refractivity contribution in [3.8, 4) is 22.9 Å². The van der Waals surface area contributed by atoms with Crippen LogP contribution >= 0.6 is 0 Å². The van der Waals surface area contributed by atoms with Gasteiger partial charge in [-0.1, -0.05) is 66.1 Å². The first kappa shape index (κ1) is 105. The zero-order valence-electron chi connectivity index (χ0n) is 85.7. The summed E-state index contributed by atoms with van der Waals surface area (Å²) in [6.45, 7) is 21.4. The fourth-order valence-electron chi connectivity index (χ4n) is 19.2. The van der Waals surface area contributed by atoms with E-state index in [1.807, 2.05) is 183 Å². The summed E-state index contributed by atoms with van der Waals surface area (Å²) in [5.41, 5.74) is 15.7. The summed E-state index contributed by atoms with van der Waals surface area (Å²) >= 11 is 0. The quantitative estimate of drug-likeness (QED) is 0.0304. The van der Waals surface area contributed by atoms with Gasteiger partial charge in [0.1, 0.15) is 34.5 Å². The van der Waals surface area contributed by atoms with E-state index in [1.54, 1.807) is 64.1 Å². The number of carbonyl (C=O) groups excluding carboxylic acids is 5. The van der Waals surface area contributed by atoms with Crippen molar-refractivity contribution < 1.29 is 81.0 Å². The van der Waals surface area contributed by atoms with Crippen LogP contribution in [0.25, 0.3) is 66.5 Å². The highest BCUT2D eigenvalue weighted by Gasteiger charge is 2.43. The van der Waals surface area contributed by atoms with Gasteiger partial charge in [0.2, 0.25) is 40.1 Å². The Hall–Kier alpha value is -12.5. The van der Waals surface area contributed by atoms with Crippen molar-refractivity contribution >= 4 is 136 Å². The molecule has 0 bridgehead atoms. The molecule has 8 fully saturated rings. The summed E-state index contributed by atoms with van der Waals surface area (Å²) in [7, 11) is -8.10. The molecule has 146 heavy (non-hydrogen) atoms. The molecule has 8 aliphatic rings. The number of fused-ring (bicyclic) bond motifs is 4. The standard InChI is InChI=1S/C30H39N5O5S.C26H32N4O4S.C25H29FN4O4S.C25H31N5O4S/c1-19-7-11-22(12-8-19)35-27(28(36)31-5)24-15-23(21-9-10-21)26(16-25(24)32-35)34(41(6,38)39)14-13-20-17-33(18-20)29(37)40-30(2,3)4;1-16-5-9-19(10-6-16)30-25(26(31)27-3)21-13-20(18-7-8-18)23(14-22(21)28-30)29(35(4,32)33)12-11-24-17(2)15-34-24;1-15-4-8-18(9-5-15)30-24(25(31)27-2)20-10-19(16-6-7-16)23(11-22(20)28-30)29(35(3,32)33)12-21(26)17-13-34-14-17;1-15-5-8-23(27-13-15)30-24(25(31)26-3)20-11-19(17-6-7-17)22(12-21(20)28-30)29(35(4,32)33)10-9-18-14-34-16(18)2/h7-8,11-12,15-16,20-21H,9-10,13-14,17-18H2,1-6H3,(H,31,36);5-6,9-10,13-14,17-18,24H,7-8,11-12,15H2,1-4H3,(H,27,31);4-5,8-11,16-17,21H,6-7,12-14H2,1-3H3,(H,27,31);5,8,11-13,16-18H,6-7,9-10,14H2,1-4H3,(H,26,31). The fourth-order valence-corrected chi connectivity index (χ4v) is 23.0. The van der Waals surface area contributed by atoms with Crippen LogP contribution < -0.4 is 38.5 Å². The molecule has 12 aromatic rings. The predicted octanol–water partition coefficient (Wildman–Crippen LogP) is 14.8. The summed E-state index contributed by atoms with van der Waals surface area (Å²) in [5.74, 6) is 1.03. The lowest BCUT2D eigenvalue weighted by Gasteiger charge is -2.40. The number of aromatic nitrogens is 9. The molecule has 5 aromatic heterocycles. The second kappa shape index (κ2) is 42.0. The monoisotopic (exact) mass is 2070 g/mol. The van der Waals surface area contributed by atoms with E-state index in [9.17, 15) is 62.0 Å². The molecule has 5 atom stereocenters. The lowest BCUT2D eigenvalue weighted by molar-refractivity contribution is -0.107. The number of aryl methyl sites for hydroxylation is 4. The molecule has 0 spiro atoms. The zero-order valence-corrected chi connectivity index (χ0v) is 89.0. The Morgan fingerprint density at radius 1 is 0.438 bits per heavy atom. The van der Waals surface area contributed by atoms with E-state index in [2.05, 4.69) is 38.3 Å². The molecule has 9 heterocycles. The summed E-state index contributed by atoms with van der Waals surface area (Å²) in [6, 6.07) is 41.9. The van der Waals surface area contributed by atoms with Gasteiger partial charge < -0.3 is 45.1 Å². The van der Waals surface area contributed by atoms with Gasteiger partial charge >= 0.3 is 6.09 Å². The molecule has 5 unspecified atom stereocenters. The first-order valence-corrected chi connectivity index (χ1v) is 57.3. The number of nitrogens with zero attached hydrogens (tertiary/aromatic N) is 14. The maximum atomic E-state index is 15.0. The van der Waals surface area contributed by atoms with E-state index in [0.29, 0.717) is 166 Å². The molecule has 4 saturated heterocycles. The number of hydrogen-bond acceptors (Lipinski definition) is 22. The molecule has 0 radical (unpaired) electrons. The highest BCUT2D eigenvalue weighted by Crippen LogP contribution is 2.52. The van der Waals surface area contributed by atoms with Gasteiger partial charge in [0.05, 0.1) is 132 Å². The van der Waals surface area contributed by atoms with E-state index in [0.717, 1.165) is 136 Å². The molecule has 778 valence electrons. The van der Waals surface area contributed by atoms with E-state index in [-0.39, 0.29) is 90.5 Å². The third kappa shape index (κ3) is 23.1. The molecule has 5 amide bonds. The number of rotatable bonds is 32. The summed E-state index contributed by atoms with van der Waals surface area (Å²) in [6.07, 6.45) is 14.8. The lowest BCUT2D eigenvalue weighted by Crippen LogP contribution is -2.52. The SMILES string of the molecule is CNC(=O)c1c2cc(C3CC3)c(N(CC(F)C3COC3)S(C)(=O)=O)cc2nn1-c1ccc(C)cc1.CNC(=O)c1c2cc(C3CC3)c(N(CCC3CN(C(=O)OC(C)(C)C)C3)S(C)(=O)=O)cc2nn1-c1ccc(C)cc1.CNC(=O)c1c2cc(C3CC3)c(N(CCC3COC3C)S(C)(=O)=O)cc2nn1-c1ccc(C)cn1.CNC(=O)c1c2cc(C3CC3)c(N(CCC3OCC3C)S(C)(=O)=O)cc2nn1-c1ccc(C)cc1. The highest BCUT2D eigenvalue weighted by atomic mass is 32.2. The van der Waals surface area contributed by atoms with Crippen LogP contribution in [0.3, 0.4) is 0 Å². The smallest absolute Gasteiger partial charge is 0.410 e. The fraction of sp³-hybridized carbons (Fsp3) is 0.472. The summed E-state index contributed by atoms with van der Waals surface area (Å²) < 4.78 is 152. The highest BCUT2D eigenvalue weighted by molar-refractivity contribution is 7.93. The number of likely N-dealkylation sites (tertiary alicyclic amines) is 1. The van der Waals surface area contributed by atoms with Gasteiger partial charge in [0.15, 0.2) is 5.82 Å². The van der Waals surface area contributed by atoms with E-state index >= 15 is 0 Å². The molecular weight excluding hydrogens is 1940 g/mol. The lowest BCUT2D eigenvalue weighted by atomic mass is 9.95. The minimum absolute atomic E-state index is 0.0768. The molecule has 4 N–H and O–H groups in total. The number of ether oxygens (including phenoxy) is 4. The average Bonchev–Trinajstić information content (AvgIpc) is 1.60. The van der Waals surface area contributed by atoms with Crippen molar-refractivity contribution in [1.82, 2.24) is 70.3 Å². The third-order valence-corrected chi connectivity index (χ3v) is 33.1. The van der Waals surface area contributed by atoms with Crippen molar-refractivity contribution in [3.63, 3.8) is 0 Å². The Balaban J connectivity index is 0.000000133. The van der Waals surface area contributed by atoms with E-state index < -0.39 is 51.9 Å². The molecule has 40 heteroatoms. The number of alkyl halides is 1. The number of anilines is 4. The van der Waals surface area contributed by atoms with E-state index in [1.165, 1.54) is 31.7 Å². The average molecular weight is 2080 g/mol. The molecule has 4 aliphatic heterocycles. The van der Waals surface area contributed by atoms with Crippen LogP contribution in [-0.4, -0.2) is 255 Å². The number of nitrogens with one attached hydrogen (secondary N) is 4. The number of carbonyl (C=O) groups is 5. The number of pyridine rings is 1. The third-order valence-electron chi connectivity index (χ3n) is 28.4. The Labute approximate surface area is 852 Å². The molecule has 7 aromatic carbocycles. The Morgan fingerprint density at radius 3 is 1.05 bits per heavy atom. The summed E-state index contributed by atoms with van der Waals surface area (Å²) in [5, 5.41) is 32.6. The van der Waals surface area contributed by atoms with Crippen molar-refractivity contribution in [2.45, 2.75) is 181 Å². The Morgan fingerprint density at radius 2 is 0.774 bits per heavy atom. The Kier molecular flexibility index (Phi) is 30.2. The van der Waals surface area contributed by atoms with Gasteiger partial charge in [0, 0.05) is 106 Å². The van der Waals surface area contributed by atoms with Crippen LogP contribution in [0.4, 0.5) is 31.9 Å². The van der Waals surface area contributed by atoms with Gasteiger partial charge in [-0.05, 0) is 274 Å². The maximum Gasteiger partial charge on any atom is 0.410 e. The minimum atomic E-state index is -3.77. The van der Waals surface area contributed by atoms with Crippen molar-refractivity contribution in [1.29, 1.82) is 0 Å². The second-order valence-corrected chi connectivity index (χ2v) is 48.9. The molecule has 4 aliphatic carbocycles. The van der Waals surface area contributed by atoms with E-state index in [4.69, 9.17) is 34.2 Å². The van der Waals surface area contributed by atoms with Gasteiger partial charge in [-0.2, -0.15) is 20.4 Å². The Bertz CT molecular complexity index is 7260. The van der Waals surface area contributed by atoms with Crippen LogP contribution in [0.5, 0.6) is 0 Å². The van der Waals surface area contributed by atoms with Crippen LogP contribution in [0, 0.1) is 51.4 Å². The molecular formula is C106H131FN18O17S4. The van der Waals surface area contributed by atoms with Crippen LogP contribution in [0.15, 0.2) is 140 Å². The number of amides is 5. The van der Waals surface area contributed by atoms with Crippen molar-refractivity contribution in [2.75, 3.05) is 136 Å². The normalized spacial score (nSPS) is 18.2. The van der Waals surface area contributed by atoms with Crippen LogP contribution in [-0.2, 0) is 59.0 Å². The van der Waals surface area contributed by atoms with Crippen molar-refractivity contribution in [3.05, 3.63) is 207 Å². The van der Waals surface area contributed by atoms with Gasteiger partial charge in [-0.3, -0.25) is 36.4 Å². The minimum Gasteiger partial charge on any atom is -0.444 e. The summed E-state index contributed by atoms with van der Waals surface area (Å²) in [4.78, 5) is 70.4. The number of halogens is 1. The second-order valence-electron chi connectivity index (χ2n) is 41.2. The molecule has 20 rings (SSSR count). The van der Waals surface area contributed by atoms with Gasteiger partial charge in [0.25, 0.3) is 23.6 Å². The number of hydrogen-bond donors (Lipinski definition) is 4. The topological polar surface area (TPSA) is 407 Å². The number of benzene rings is 7. The van der Waals surface area contributed by atoms with Gasteiger partial charge in [-0.15, -0.1) is 0 Å². The van der Waals surface area contributed by atoms with Gasteiger partial charge in [-0.25, -0.2) is 66.6 Å². The first-order chi connectivity index (χ1) is 69.3. The van der Waals surface area contributed by atoms with Crippen LogP contribution in [0.2, 0.25) is 0 Å². The van der Waals surface area contributed by atoms with Crippen molar-refractivity contribution in [2.24, 2.45) is 23.7 Å². The first-order valence-electron chi connectivity index (χ1n) is 49.9. The maximum absolute atomic E-state index is 15.0. The predicted molar refractivity (Wildman–Crippen MR) is 563 cm³/mol. The molecule has 4 saturated carbocycles. The number of sulfonamides is 4. The molecule has 35 nitrogen and oxygen atoms in total. The van der Waals surface area contributed by atoms with Crippen LogP contribution in [0.1, 0.15) is 215 Å². The zero-order chi connectivity index (χ0) is 104.